The molecule has 0 N–H and O–H groups in total. The summed E-state index contributed by atoms with van der Waals surface area (Å²) in [6, 6.07) is 14.0. The monoisotopic (exact) mass is 458 g/mol. The van der Waals surface area contributed by atoms with Crippen LogP contribution in [-0.2, 0) is 9.53 Å². The van der Waals surface area contributed by atoms with Crippen molar-refractivity contribution in [1.29, 1.82) is 0 Å². The predicted molar refractivity (Wildman–Crippen MR) is 121 cm³/mol. The number of piperidine rings is 1. The molecule has 2 aromatic rings. The van der Waals surface area contributed by atoms with Gasteiger partial charge in [0, 0.05) is 60.0 Å². The lowest BCUT2D eigenvalue weighted by Crippen LogP contribution is -2.58. The summed E-state index contributed by atoms with van der Waals surface area (Å²) < 4.78 is 5.64. The average molecular weight is 459 g/mol. The molecule has 3 aliphatic heterocycles. The lowest BCUT2D eigenvalue weighted by molar-refractivity contribution is -0.140. The van der Waals surface area contributed by atoms with Gasteiger partial charge in [-0.1, -0.05) is 53.5 Å². The summed E-state index contributed by atoms with van der Waals surface area (Å²) in [5.41, 5.74) is 3.23. The second-order valence-electron chi connectivity index (χ2n) is 8.72. The smallest absolute Gasteiger partial charge is 0.320 e. The first kappa shape index (κ1) is 20.8. The van der Waals surface area contributed by atoms with Crippen molar-refractivity contribution in [2.75, 3.05) is 32.8 Å². The minimum atomic E-state index is 0.0808. The minimum Gasteiger partial charge on any atom is -0.370 e. The molecule has 5 rings (SSSR count). The molecule has 7 heteroatoms. The van der Waals surface area contributed by atoms with E-state index in [0.717, 1.165) is 30.6 Å². The summed E-state index contributed by atoms with van der Waals surface area (Å²) in [6.07, 6.45) is 1.47. The zero-order valence-electron chi connectivity index (χ0n) is 17.1. The number of hydrogen-bond acceptors (Lipinski definition) is 3. The summed E-state index contributed by atoms with van der Waals surface area (Å²) in [5, 5.41) is 1.26. The van der Waals surface area contributed by atoms with Gasteiger partial charge in [0.25, 0.3) is 0 Å². The third kappa shape index (κ3) is 4.19. The van der Waals surface area contributed by atoms with E-state index in [1.54, 1.807) is 6.07 Å². The van der Waals surface area contributed by atoms with Gasteiger partial charge in [0.2, 0.25) is 0 Å². The molecule has 3 fully saturated rings. The van der Waals surface area contributed by atoms with Gasteiger partial charge in [-0.05, 0) is 29.7 Å². The zero-order valence-corrected chi connectivity index (χ0v) is 18.6. The van der Waals surface area contributed by atoms with Crippen molar-refractivity contribution in [3.8, 4) is 11.1 Å². The van der Waals surface area contributed by atoms with Crippen LogP contribution >= 0.6 is 23.2 Å². The predicted octanol–water partition coefficient (Wildman–Crippen LogP) is 4.86. The van der Waals surface area contributed by atoms with Gasteiger partial charge in [-0.25, -0.2) is 4.79 Å². The van der Waals surface area contributed by atoms with Crippen LogP contribution < -0.4 is 0 Å². The summed E-state index contributed by atoms with van der Waals surface area (Å²) in [7, 11) is 0. The first-order valence-electron chi connectivity index (χ1n) is 10.7. The van der Waals surface area contributed by atoms with Crippen molar-refractivity contribution in [2.45, 2.75) is 24.9 Å². The summed E-state index contributed by atoms with van der Waals surface area (Å²) in [4.78, 5) is 28.4. The molecule has 0 saturated carbocycles. The minimum absolute atomic E-state index is 0.0808. The number of Topliss-reactive ketones (excluding diaryl/α,β-unsaturated/α-hetero) is 1. The van der Waals surface area contributed by atoms with E-state index in [4.69, 9.17) is 27.9 Å². The third-order valence-corrected chi connectivity index (χ3v) is 7.21. The number of rotatable bonds is 2. The van der Waals surface area contributed by atoms with E-state index in [-0.39, 0.29) is 30.4 Å². The van der Waals surface area contributed by atoms with Gasteiger partial charge in [0.05, 0.1) is 6.10 Å². The highest BCUT2D eigenvalue weighted by atomic mass is 35.5. The Hall–Kier alpha value is -2.08. The molecule has 3 aliphatic rings. The quantitative estimate of drug-likeness (QED) is 0.645. The Morgan fingerprint density at radius 2 is 1.77 bits per heavy atom. The molecular weight excluding hydrogens is 435 g/mol. The molecule has 0 radical (unpaired) electrons. The number of amides is 2. The number of carbonyl (C=O) groups excluding carboxylic acids is 2. The van der Waals surface area contributed by atoms with Crippen LogP contribution in [0.15, 0.2) is 42.5 Å². The fourth-order valence-electron chi connectivity index (χ4n) is 4.86. The summed E-state index contributed by atoms with van der Waals surface area (Å²) in [6.45, 7) is 2.99. The molecule has 0 bridgehead atoms. The van der Waals surface area contributed by atoms with Crippen molar-refractivity contribution in [1.82, 2.24) is 9.80 Å². The first-order chi connectivity index (χ1) is 15.0. The number of hydrogen-bond donors (Lipinski definition) is 0. The Bertz CT molecular complexity index is 1000. The maximum Gasteiger partial charge on any atom is 0.320 e. The maximum atomic E-state index is 12.9. The van der Waals surface area contributed by atoms with Crippen LogP contribution in [0.25, 0.3) is 11.1 Å². The van der Waals surface area contributed by atoms with Crippen LogP contribution in [0.5, 0.6) is 0 Å². The van der Waals surface area contributed by atoms with Gasteiger partial charge in [0.15, 0.2) is 5.78 Å². The molecule has 162 valence electrons. The molecule has 3 heterocycles. The molecule has 2 aromatic carbocycles. The van der Waals surface area contributed by atoms with Crippen LogP contribution in [0, 0.1) is 5.92 Å². The molecule has 3 saturated heterocycles. The molecule has 2 amide bonds. The highest BCUT2D eigenvalue weighted by Crippen LogP contribution is 2.34. The van der Waals surface area contributed by atoms with Gasteiger partial charge < -0.3 is 14.5 Å². The number of ether oxygens (including phenoxy) is 1. The van der Waals surface area contributed by atoms with Crippen LogP contribution in [0.4, 0.5) is 4.79 Å². The van der Waals surface area contributed by atoms with E-state index in [2.05, 4.69) is 24.3 Å². The fourth-order valence-corrected chi connectivity index (χ4v) is 5.37. The normalized spacial score (nSPS) is 24.0. The Morgan fingerprint density at radius 3 is 2.52 bits per heavy atom. The molecular formula is C24H24Cl2N2O3. The van der Waals surface area contributed by atoms with Crippen molar-refractivity contribution >= 4 is 35.0 Å². The molecule has 0 aliphatic carbocycles. The number of likely N-dealkylation sites (tertiary alicyclic amines) is 2. The Morgan fingerprint density at radius 1 is 1.00 bits per heavy atom. The summed E-state index contributed by atoms with van der Waals surface area (Å²) >= 11 is 12.3. The SMILES string of the molecule is O=C1CO[C@H]2CCN(C(=O)N3CC(c4ccc(-c5ccc(Cl)cc5Cl)cc4)C3)C[C@H]2C1. The highest BCUT2D eigenvalue weighted by Gasteiger charge is 2.40. The summed E-state index contributed by atoms with van der Waals surface area (Å²) in [5.74, 6) is 0.627. The van der Waals surface area contributed by atoms with E-state index >= 15 is 0 Å². The molecule has 31 heavy (non-hydrogen) atoms. The number of urea groups is 1. The van der Waals surface area contributed by atoms with Crippen LogP contribution in [-0.4, -0.2) is 60.5 Å². The molecule has 0 aromatic heterocycles. The van der Waals surface area contributed by atoms with E-state index < -0.39 is 0 Å². The second kappa shape index (κ2) is 8.45. The van der Waals surface area contributed by atoms with Crippen molar-refractivity contribution in [3.63, 3.8) is 0 Å². The van der Waals surface area contributed by atoms with E-state index in [0.29, 0.717) is 35.5 Å². The first-order valence-corrected chi connectivity index (χ1v) is 11.5. The number of carbonyl (C=O) groups is 2. The van der Waals surface area contributed by atoms with Gasteiger partial charge in [-0.15, -0.1) is 0 Å². The second-order valence-corrected chi connectivity index (χ2v) is 9.56. The number of nitrogens with zero attached hydrogens (tertiary/aromatic N) is 2. The Kier molecular flexibility index (Phi) is 5.67. The number of ketones is 1. The molecule has 5 nitrogen and oxygen atoms in total. The van der Waals surface area contributed by atoms with Gasteiger partial charge in [-0.2, -0.15) is 0 Å². The average Bonchev–Trinajstić information content (AvgIpc) is 2.73. The molecule has 2 atom stereocenters. The standard InChI is InChI=1S/C24H24Cl2N2O3/c25-19-5-6-21(22(26)10-19)16-3-1-15(2-4-16)18-12-28(13-18)24(30)27-8-7-23-17(11-27)9-20(29)14-31-23/h1-6,10,17-18,23H,7-9,11-14H2/t17-,23+/m1/s1. The van der Waals surface area contributed by atoms with Crippen molar-refractivity contribution in [3.05, 3.63) is 58.1 Å². The highest BCUT2D eigenvalue weighted by molar-refractivity contribution is 6.36. The topological polar surface area (TPSA) is 49.9 Å². The largest absolute Gasteiger partial charge is 0.370 e. The van der Waals surface area contributed by atoms with Crippen molar-refractivity contribution < 1.29 is 14.3 Å². The number of fused-ring (bicyclic) bond motifs is 1. The van der Waals surface area contributed by atoms with Gasteiger partial charge in [0.1, 0.15) is 6.61 Å². The molecule has 0 spiro atoms. The lowest BCUT2D eigenvalue weighted by atomic mass is 9.87. The van der Waals surface area contributed by atoms with Crippen molar-refractivity contribution in [2.24, 2.45) is 5.92 Å². The lowest BCUT2D eigenvalue weighted by Gasteiger charge is -2.46. The van der Waals surface area contributed by atoms with Crippen LogP contribution in [0.3, 0.4) is 0 Å². The van der Waals surface area contributed by atoms with E-state index in [1.165, 1.54) is 5.56 Å². The van der Waals surface area contributed by atoms with Crippen LogP contribution in [0.2, 0.25) is 10.0 Å². The van der Waals surface area contributed by atoms with E-state index in [1.807, 2.05) is 21.9 Å². The van der Waals surface area contributed by atoms with Crippen LogP contribution in [0.1, 0.15) is 24.3 Å². The van der Waals surface area contributed by atoms with Gasteiger partial charge >= 0.3 is 6.03 Å². The number of benzene rings is 2. The molecule has 0 unspecified atom stereocenters. The Labute approximate surface area is 191 Å². The maximum absolute atomic E-state index is 12.9. The fraction of sp³-hybridized carbons (Fsp3) is 0.417. The number of halogens is 2. The van der Waals surface area contributed by atoms with Gasteiger partial charge in [-0.3, -0.25) is 4.79 Å². The third-order valence-electron chi connectivity index (χ3n) is 6.66. The zero-order chi connectivity index (χ0) is 21.5. The Balaban J connectivity index is 1.18. The van der Waals surface area contributed by atoms with E-state index in [9.17, 15) is 9.59 Å².